The van der Waals surface area contributed by atoms with E-state index in [-0.39, 0.29) is 0 Å². The van der Waals surface area contributed by atoms with Gasteiger partial charge in [-0.05, 0) is 56.4 Å². The van der Waals surface area contributed by atoms with Crippen LogP contribution in [0.5, 0.6) is 0 Å². The molecule has 2 heterocycles. The largest absolute Gasteiger partial charge is 0.309 e. The van der Waals surface area contributed by atoms with Crippen LogP contribution in [0.3, 0.4) is 0 Å². The molecule has 110 valence electrons. The first kappa shape index (κ1) is 13.9. The zero-order valence-electron chi connectivity index (χ0n) is 13.1. The Morgan fingerprint density at radius 3 is 2.63 bits per heavy atom. The normalized spacial score (nSPS) is 43.1. The minimum atomic E-state index is 0.574. The van der Waals surface area contributed by atoms with Crippen molar-refractivity contribution in [1.29, 1.82) is 0 Å². The molecule has 0 aromatic rings. The molecule has 0 aromatic carbocycles. The molecule has 2 saturated heterocycles. The Labute approximate surface area is 119 Å². The Hall–Kier alpha value is -0.0800. The van der Waals surface area contributed by atoms with E-state index >= 15 is 0 Å². The molecule has 3 fully saturated rings. The molecule has 4 unspecified atom stereocenters. The monoisotopic (exact) mass is 264 g/mol. The molecular formula is C17H32N2. The van der Waals surface area contributed by atoms with Crippen LogP contribution >= 0.6 is 0 Å². The van der Waals surface area contributed by atoms with E-state index < -0.39 is 0 Å². The fraction of sp³-hybridized carbons (Fsp3) is 1.00. The molecule has 0 aromatic heterocycles. The van der Waals surface area contributed by atoms with Crippen molar-refractivity contribution >= 4 is 0 Å². The number of rotatable bonds is 2. The second-order valence-corrected chi connectivity index (χ2v) is 8.15. The van der Waals surface area contributed by atoms with Gasteiger partial charge >= 0.3 is 0 Å². The molecule has 0 radical (unpaired) electrons. The van der Waals surface area contributed by atoms with Crippen molar-refractivity contribution in [3.8, 4) is 0 Å². The van der Waals surface area contributed by atoms with Gasteiger partial charge in [0, 0.05) is 24.7 Å². The lowest BCUT2D eigenvalue weighted by molar-refractivity contribution is 0.125. The minimum absolute atomic E-state index is 0.574. The van der Waals surface area contributed by atoms with Crippen molar-refractivity contribution < 1.29 is 0 Å². The van der Waals surface area contributed by atoms with Gasteiger partial charge in [0.25, 0.3) is 0 Å². The van der Waals surface area contributed by atoms with Crippen molar-refractivity contribution in [2.45, 2.75) is 83.8 Å². The van der Waals surface area contributed by atoms with Crippen LogP contribution in [0.4, 0.5) is 0 Å². The van der Waals surface area contributed by atoms with E-state index in [1.807, 2.05) is 0 Å². The Balaban J connectivity index is 1.57. The van der Waals surface area contributed by atoms with E-state index in [2.05, 4.69) is 31.0 Å². The minimum Gasteiger partial charge on any atom is -0.309 e. The summed E-state index contributed by atoms with van der Waals surface area (Å²) >= 11 is 0. The van der Waals surface area contributed by atoms with Crippen LogP contribution in [-0.4, -0.2) is 36.1 Å². The van der Waals surface area contributed by atoms with Crippen LogP contribution in [0.25, 0.3) is 0 Å². The van der Waals surface area contributed by atoms with Crippen LogP contribution in [-0.2, 0) is 0 Å². The van der Waals surface area contributed by atoms with Crippen molar-refractivity contribution in [1.82, 2.24) is 10.2 Å². The molecule has 19 heavy (non-hydrogen) atoms. The summed E-state index contributed by atoms with van der Waals surface area (Å²) in [6.07, 6.45) is 9.88. The first-order valence-electron chi connectivity index (χ1n) is 8.55. The second-order valence-electron chi connectivity index (χ2n) is 8.15. The average Bonchev–Trinajstić information content (AvgIpc) is 2.76. The van der Waals surface area contributed by atoms with Crippen LogP contribution in [0.15, 0.2) is 0 Å². The van der Waals surface area contributed by atoms with Gasteiger partial charge in [0.05, 0.1) is 0 Å². The van der Waals surface area contributed by atoms with Crippen molar-refractivity contribution in [2.75, 3.05) is 13.1 Å². The van der Waals surface area contributed by atoms with Crippen LogP contribution in [0.2, 0.25) is 0 Å². The number of fused-ring (bicyclic) bond motifs is 1. The van der Waals surface area contributed by atoms with Gasteiger partial charge in [-0.1, -0.05) is 27.2 Å². The lowest BCUT2D eigenvalue weighted by atomic mass is 9.70. The summed E-state index contributed by atoms with van der Waals surface area (Å²) in [5, 5.41) is 4.06. The highest BCUT2D eigenvalue weighted by atomic mass is 15.2. The van der Waals surface area contributed by atoms with Gasteiger partial charge in [0.1, 0.15) is 0 Å². The van der Waals surface area contributed by atoms with Crippen LogP contribution in [0.1, 0.15) is 65.7 Å². The molecule has 1 aliphatic carbocycles. The van der Waals surface area contributed by atoms with E-state index in [0.717, 1.165) is 24.0 Å². The van der Waals surface area contributed by atoms with Gasteiger partial charge in [0.15, 0.2) is 0 Å². The Morgan fingerprint density at radius 2 is 1.84 bits per heavy atom. The number of hydrogen-bond donors (Lipinski definition) is 1. The molecule has 0 amide bonds. The van der Waals surface area contributed by atoms with Crippen molar-refractivity contribution in [3.63, 3.8) is 0 Å². The van der Waals surface area contributed by atoms with Gasteiger partial charge in [-0.25, -0.2) is 0 Å². The summed E-state index contributed by atoms with van der Waals surface area (Å²) < 4.78 is 0. The van der Waals surface area contributed by atoms with Crippen LogP contribution in [0, 0.1) is 11.3 Å². The molecule has 2 aliphatic heterocycles. The highest BCUT2D eigenvalue weighted by molar-refractivity contribution is 4.97. The molecule has 1 saturated carbocycles. The van der Waals surface area contributed by atoms with E-state index in [1.54, 1.807) is 0 Å². The fourth-order valence-corrected chi connectivity index (χ4v) is 4.91. The lowest BCUT2D eigenvalue weighted by Crippen LogP contribution is -2.51. The van der Waals surface area contributed by atoms with Gasteiger partial charge in [-0.2, -0.15) is 0 Å². The zero-order valence-corrected chi connectivity index (χ0v) is 13.1. The first-order chi connectivity index (χ1) is 9.05. The molecule has 2 heteroatoms. The Bertz CT molecular complexity index is 312. The molecular weight excluding hydrogens is 232 g/mol. The van der Waals surface area contributed by atoms with Gasteiger partial charge in [-0.3, -0.25) is 4.90 Å². The summed E-state index contributed by atoms with van der Waals surface area (Å²) in [6, 6.07) is 2.42. The second kappa shape index (κ2) is 5.37. The number of piperidine rings is 1. The van der Waals surface area contributed by atoms with E-state index in [9.17, 15) is 0 Å². The average molecular weight is 264 g/mol. The predicted molar refractivity (Wildman–Crippen MR) is 81.3 cm³/mol. The third kappa shape index (κ3) is 3.00. The molecule has 3 aliphatic rings. The predicted octanol–water partition coefficient (Wildman–Crippen LogP) is 3.42. The third-order valence-corrected chi connectivity index (χ3v) is 5.98. The van der Waals surface area contributed by atoms with Crippen molar-refractivity contribution in [3.05, 3.63) is 0 Å². The maximum Gasteiger partial charge on any atom is 0.0249 e. The summed E-state index contributed by atoms with van der Waals surface area (Å²) in [5.41, 5.74) is 0.574. The first-order valence-corrected chi connectivity index (χ1v) is 8.55. The molecule has 2 nitrogen and oxygen atoms in total. The topological polar surface area (TPSA) is 15.3 Å². The van der Waals surface area contributed by atoms with Gasteiger partial charge in [0.2, 0.25) is 0 Å². The molecule has 4 atom stereocenters. The SMILES string of the molecule is CC1CC(C)(C)CCC1NC1CCN2CCCCC12. The summed E-state index contributed by atoms with van der Waals surface area (Å²) in [7, 11) is 0. The van der Waals surface area contributed by atoms with Crippen molar-refractivity contribution in [2.24, 2.45) is 11.3 Å². The van der Waals surface area contributed by atoms with E-state index in [4.69, 9.17) is 0 Å². The fourth-order valence-electron chi connectivity index (χ4n) is 4.91. The number of nitrogens with zero attached hydrogens (tertiary/aromatic N) is 1. The standard InChI is InChI=1S/C17H32N2/c1-13-12-17(2,3)9-7-14(13)18-15-8-11-19-10-5-4-6-16(15)19/h13-16,18H,4-12H2,1-3H3. The highest BCUT2D eigenvalue weighted by Crippen LogP contribution is 2.39. The van der Waals surface area contributed by atoms with Gasteiger partial charge < -0.3 is 5.32 Å². The van der Waals surface area contributed by atoms with E-state index in [0.29, 0.717) is 5.41 Å². The summed E-state index contributed by atoms with van der Waals surface area (Å²) in [4.78, 5) is 2.75. The molecule has 1 N–H and O–H groups in total. The summed E-state index contributed by atoms with van der Waals surface area (Å²) in [5.74, 6) is 0.849. The number of nitrogens with one attached hydrogen (secondary N) is 1. The molecule has 0 spiro atoms. The molecule has 3 rings (SSSR count). The lowest BCUT2D eigenvalue weighted by Gasteiger charge is -2.42. The van der Waals surface area contributed by atoms with Crippen LogP contribution < -0.4 is 5.32 Å². The molecule has 0 bridgehead atoms. The highest BCUT2D eigenvalue weighted by Gasteiger charge is 2.39. The zero-order chi connectivity index (χ0) is 13.5. The number of hydrogen-bond acceptors (Lipinski definition) is 2. The summed E-state index contributed by atoms with van der Waals surface area (Å²) in [6.45, 7) is 10.0. The maximum absolute atomic E-state index is 4.06. The van der Waals surface area contributed by atoms with Gasteiger partial charge in [-0.15, -0.1) is 0 Å². The van der Waals surface area contributed by atoms with E-state index in [1.165, 1.54) is 58.0 Å². The Kier molecular flexibility index (Phi) is 3.92. The quantitative estimate of drug-likeness (QED) is 0.822. The Morgan fingerprint density at radius 1 is 1.00 bits per heavy atom. The smallest absolute Gasteiger partial charge is 0.0249 e. The maximum atomic E-state index is 4.06. The third-order valence-electron chi connectivity index (χ3n) is 5.98.